The van der Waals surface area contributed by atoms with Gasteiger partial charge in [0.1, 0.15) is 5.69 Å². The number of rotatable bonds is 8. The molecule has 5 nitrogen and oxygen atoms in total. The number of aromatic nitrogens is 3. The molecule has 21 heavy (non-hydrogen) atoms. The molecule has 0 bridgehead atoms. The molecule has 0 saturated heterocycles. The smallest absolute Gasteiger partial charge is 0.265 e. The van der Waals surface area contributed by atoms with Gasteiger partial charge in [-0.25, -0.2) is 0 Å². The molecule has 1 rings (SSSR count). The van der Waals surface area contributed by atoms with Crippen LogP contribution in [-0.4, -0.2) is 27.3 Å². The highest BCUT2D eigenvalue weighted by molar-refractivity contribution is 7.98. The van der Waals surface area contributed by atoms with E-state index in [2.05, 4.69) is 29.1 Å². The van der Waals surface area contributed by atoms with Crippen LogP contribution in [-0.2, 0) is 0 Å². The second-order valence-corrected chi connectivity index (χ2v) is 6.19. The molecular formula is C15H26N4OS. The number of nitrogens with zero attached hydrogens (tertiary/aromatic N) is 4. The lowest BCUT2D eigenvalue weighted by Crippen LogP contribution is -2.26. The fraction of sp³-hybridized carbons (Fsp3) is 0.733. The number of unbranched alkanes of at least 4 members (excludes halogenated alkanes) is 1. The first kappa shape index (κ1) is 17.9. The molecule has 1 aromatic rings. The summed E-state index contributed by atoms with van der Waals surface area (Å²) in [6.45, 7) is 8.21. The van der Waals surface area contributed by atoms with Gasteiger partial charge in [-0.1, -0.05) is 52.3 Å². The molecule has 0 aliphatic rings. The summed E-state index contributed by atoms with van der Waals surface area (Å²) in [4.78, 5) is 12.4. The second kappa shape index (κ2) is 8.97. The molecule has 0 spiro atoms. The van der Waals surface area contributed by atoms with Crippen molar-refractivity contribution >= 4 is 18.0 Å². The molecule has 0 saturated carbocycles. The predicted molar refractivity (Wildman–Crippen MR) is 89.4 cm³/mol. The largest absolute Gasteiger partial charge is 0.297 e. The van der Waals surface area contributed by atoms with Gasteiger partial charge in [0, 0.05) is 12.1 Å². The maximum absolute atomic E-state index is 12.4. The van der Waals surface area contributed by atoms with Crippen molar-refractivity contribution in [3.63, 3.8) is 0 Å². The highest BCUT2D eigenvalue weighted by Gasteiger charge is 2.14. The van der Waals surface area contributed by atoms with Crippen molar-refractivity contribution in [1.29, 1.82) is 0 Å². The summed E-state index contributed by atoms with van der Waals surface area (Å²) >= 11 is 1.38. The zero-order valence-corrected chi connectivity index (χ0v) is 14.5. The van der Waals surface area contributed by atoms with Gasteiger partial charge >= 0.3 is 0 Å². The minimum Gasteiger partial charge on any atom is -0.265 e. The lowest BCUT2D eigenvalue weighted by molar-refractivity contribution is 0.561. The van der Waals surface area contributed by atoms with Crippen LogP contribution in [0.2, 0.25) is 0 Å². The Labute approximate surface area is 131 Å². The highest BCUT2D eigenvalue weighted by atomic mass is 32.2. The predicted octanol–water partition coefficient (Wildman–Crippen LogP) is 3.53. The van der Waals surface area contributed by atoms with Crippen molar-refractivity contribution in [2.45, 2.75) is 64.5 Å². The van der Waals surface area contributed by atoms with E-state index in [1.807, 2.05) is 26.3 Å². The van der Waals surface area contributed by atoms with Crippen LogP contribution in [0.4, 0.5) is 0 Å². The monoisotopic (exact) mass is 310 g/mol. The molecule has 0 aliphatic heterocycles. The molecule has 118 valence electrons. The van der Waals surface area contributed by atoms with Crippen LogP contribution in [0, 0.1) is 5.92 Å². The molecular weight excluding hydrogens is 284 g/mol. The molecule has 1 unspecified atom stereocenters. The molecule has 0 N–H and O–H groups in total. The fourth-order valence-corrected chi connectivity index (χ4v) is 2.41. The van der Waals surface area contributed by atoms with Crippen molar-refractivity contribution < 1.29 is 0 Å². The Morgan fingerprint density at radius 3 is 2.57 bits per heavy atom. The van der Waals surface area contributed by atoms with Crippen molar-refractivity contribution in [2.75, 3.05) is 6.26 Å². The van der Waals surface area contributed by atoms with E-state index in [-0.39, 0.29) is 11.5 Å². The van der Waals surface area contributed by atoms with Crippen LogP contribution in [0.5, 0.6) is 0 Å². The third-order valence-corrected chi connectivity index (χ3v) is 4.03. The van der Waals surface area contributed by atoms with Gasteiger partial charge in [0.2, 0.25) is 5.16 Å². The third-order valence-electron chi connectivity index (χ3n) is 3.41. The van der Waals surface area contributed by atoms with Gasteiger partial charge in [0.05, 0.1) is 0 Å². The van der Waals surface area contributed by atoms with Gasteiger partial charge in [0.25, 0.3) is 5.56 Å². The molecule has 0 radical (unpaired) electrons. The Bertz CT molecular complexity index is 525. The molecule has 0 fully saturated rings. The minimum atomic E-state index is -0.161. The zero-order valence-electron chi connectivity index (χ0n) is 13.7. The van der Waals surface area contributed by atoms with Gasteiger partial charge in [-0.15, -0.1) is 10.2 Å². The maximum atomic E-state index is 12.4. The molecule has 0 amide bonds. The summed E-state index contributed by atoms with van der Waals surface area (Å²) in [6, 6.07) is 0. The van der Waals surface area contributed by atoms with Crippen LogP contribution in [0.25, 0.3) is 0 Å². The van der Waals surface area contributed by atoms with E-state index in [4.69, 9.17) is 0 Å². The average molecular weight is 310 g/mol. The maximum Gasteiger partial charge on any atom is 0.297 e. The van der Waals surface area contributed by atoms with Gasteiger partial charge in [-0.05, 0) is 25.0 Å². The van der Waals surface area contributed by atoms with Gasteiger partial charge in [0.15, 0.2) is 0 Å². The van der Waals surface area contributed by atoms with E-state index < -0.39 is 0 Å². The molecule has 6 heteroatoms. The second-order valence-electron chi connectivity index (χ2n) is 5.42. The Morgan fingerprint density at radius 2 is 2.05 bits per heavy atom. The van der Waals surface area contributed by atoms with Crippen molar-refractivity contribution in [1.82, 2.24) is 14.9 Å². The molecule has 1 aromatic heterocycles. The van der Waals surface area contributed by atoms with Crippen LogP contribution in [0.15, 0.2) is 15.1 Å². The van der Waals surface area contributed by atoms with Gasteiger partial charge < -0.3 is 0 Å². The summed E-state index contributed by atoms with van der Waals surface area (Å²) in [5, 5.41) is 13.1. The average Bonchev–Trinajstić information content (AvgIpc) is 2.47. The van der Waals surface area contributed by atoms with E-state index in [0.717, 1.165) is 12.8 Å². The Balaban J connectivity index is 3.10. The molecule has 1 atom stereocenters. The van der Waals surface area contributed by atoms with E-state index >= 15 is 0 Å². The zero-order chi connectivity index (χ0) is 15.8. The van der Waals surface area contributed by atoms with Crippen molar-refractivity contribution in [3.8, 4) is 0 Å². The minimum absolute atomic E-state index is 0.0458. The standard InChI is InChI=1S/C15H26N4OS/c1-6-8-9-12(7-2)10-16-19-14(20)13(11(3)4)17-18-15(19)21-5/h10-12H,6-9H2,1-5H3. The van der Waals surface area contributed by atoms with E-state index in [1.165, 1.54) is 29.3 Å². The quantitative estimate of drug-likeness (QED) is 0.544. The first-order valence-electron chi connectivity index (χ1n) is 7.63. The van der Waals surface area contributed by atoms with Crippen LogP contribution < -0.4 is 5.56 Å². The number of hydrogen-bond donors (Lipinski definition) is 0. The summed E-state index contributed by atoms with van der Waals surface area (Å²) in [5.41, 5.74) is 0.303. The van der Waals surface area contributed by atoms with Crippen LogP contribution >= 0.6 is 11.8 Å². The summed E-state index contributed by atoms with van der Waals surface area (Å²) < 4.78 is 1.39. The van der Waals surface area contributed by atoms with Crippen molar-refractivity contribution in [3.05, 3.63) is 16.0 Å². The SMILES string of the molecule is CCCCC(C=Nn1c(SC)nnc(C(C)C)c1=O)CC. The summed E-state index contributed by atoms with van der Waals surface area (Å²) in [7, 11) is 0. The van der Waals surface area contributed by atoms with Crippen molar-refractivity contribution in [2.24, 2.45) is 11.0 Å². The summed E-state index contributed by atoms with van der Waals surface area (Å²) in [6.07, 6.45) is 8.26. The van der Waals surface area contributed by atoms with Gasteiger partial charge in [-0.3, -0.25) is 4.79 Å². The number of hydrogen-bond acceptors (Lipinski definition) is 5. The normalized spacial score (nSPS) is 13.2. The first-order chi connectivity index (χ1) is 10.0. The fourth-order valence-electron chi connectivity index (χ4n) is 1.98. The lowest BCUT2D eigenvalue weighted by atomic mass is 10.0. The Hall–Kier alpha value is -1.17. The van der Waals surface area contributed by atoms with Crippen LogP contribution in [0.3, 0.4) is 0 Å². The Kier molecular flexibility index (Phi) is 7.64. The highest BCUT2D eigenvalue weighted by Crippen LogP contribution is 2.13. The number of thioether (sulfide) groups is 1. The van der Waals surface area contributed by atoms with E-state index in [9.17, 15) is 4.79 Å². The van der Waals surface area contributed by atoms with Crippen LogP contribution in [0.1, 0.15) is 65.0 Å². The Morgan fingerprint density at radius 1 is 1.33 bits per heavy atom. The third kappa shape index (κ3) is 4.95. The lowest BCUT2D eigenvalue weighted by Gasteiger charge is -2.10. The van der Waals surface area contributed by atoms with E-state index in [0.29, 0.717) is 16.8 Å². The molecule has 0 aromatic carbocycles. The molecule has 1 heterocycles. The van der Waals surface area contributed by atoms with Gasteiger partial charge in [-0.2, -0.15) is 9.78 Å². The van der Waals surface area contributed by atoms with E-state index in [1.54, 1.807) is 0 Å². The first-order valence-corrected chi connectivity index (χ1v) is 8.85. The molecule has 0 aliphatic carbocycles. The topological polar surface area (TPSA) is 60.1 Å². The summed E-state index contributed by atoms with van der Waals surface area (Å²) in [5.74, 6) is 0.451.